The number of hydrogen-bond acceptors (Lipinski definition) is 2. The Morgan fingerprint density at radius 3 is 2.31 bits per heavy atom. The van der Waals surface area contributed by atoms with E-state index in [0.717, 1.165) is 44.7 Å². The van der Waals surface area contributed by atoms with Gasteiger partial charge in [-0.3, -0.25) is 9.55 Å². The summed E-state index contributed by atoms with van der Waals surface area (Å²) in [5, 5.41) is 1.12. The lowest BCUT2D eigenvalue weighted by Crippen LogP contribution is -1.99. The second-order valence-electron chi connectivity index (χ2n) is 8.01. The molecule has 0 amide bonds. The quantitative estimate of drug-likeness (QED) is 0.308. The molecule has 0 atom stereocenters. The summed E-state index contributed by atoms with van der Waals surface area (Å²) in [5.74, 6) is 0.903. The van der Waals surface area contributed by atoms with E-state index in [4.69, 9.17) is 9.97 Å². The van der Waals surface area contributed by atoms with Gasteiger partial charge in [-0.1, -0.05) is 72.8 Å². The van der Waals surface area contributed by atoms with Crippen molar-refractivity contribution in [2.75, 3.05) is 0 Å². The Bertz CT molecular complexity index is 1580. The van der Waals surface area contributed by atoms with Crippen LogP contribution in [0.5, 0.6) is 0 Å². The van der Waals surface area contributed by atoms with Gasteiger partial charge >= 0.3 is 0 Å². The van der Waals surface area contributed by atoms with E-state index in [9.17, 15) is 0 Å². The number of rotatable bonds is 3. The highest BCUT2D eigenvalue weighted by Gasteiger charge is 2.17. The van der Waals surface area contributed by atoms with E-state index >= 15 is 0 Å². The van der Waals surface area contributed by atoms with Gasteiger partial charge in [-0.15, -0.1) is 0 Å². The lowest BCUT2D eigenvalue weighted by atomic mass is 10.0. The monoisotopic (exact) mass is 411 g/mol. The molecule has 0 saturated carbocycles. The SMILES string of the molecule is Cc1ccc2cccc(-c3nc4ccccc4n3-c3cccc(-c4ccccc4)c3)c2n1. The van der Waals surface area contributed by atoms with Crippen LogP contribution in [0.1, 0.15) is 5.69 Å². The fourth-order valence-corrected chi connectivity index (χ4v) is 4.35. The first kappa shape index (κ1) is 18.5. The summed E-state index contributed by atoms with van der Waals surface area (Å²) in [6, 6.07) is 37.9. The molecule has 0 aliphatic heterocycles. The average molecular weight is 412 g/mol. The maximum atomic E-state index is 5.06. The fourth-order valence-electron chi connectivity index (χ4n) is 4.35. The zero-order valence-corrected chi connectivity index (χ0v) is 17.7. The topological polar surface area (TPSA) is 30.7 Å². The second kappa shape index (κ2) is 7.47. The van der Waals surface area contributed by atoms with Crippen molar-refractivity contribution in [3.05, 3.63) is 115 Å². The van der Waals surface area contributed by atoms with E-state index in [-0.39, 0.29) is 0 Å². The Labute approximate surface area is 186 Å². The van der Waals surface area contributed by atoms with Gasteiger partial charge in [0, 0.05) is 22.3 Å². The fraction of sp³-hybridized carbons (Fsp3) is 0.0345. The first-order chi connectivity index (χ1) is 15.8. The van der Waals surface area contributed by atoms with E-state index in [1.807, 2.05) is 19.1 Å². The minimum Gasteiger partial charge on any atom is -0.292 e. The van der Waals surface area contributed by atoms with Gasteiger partial charge in [0.25, 0.3) is 0 Å². The highest BCUT2D eigenvalue weighted by atomic mass is 15.1. The summed E-state index contributed by atoms with van der Waals surface area (Å²) >= 11 is 0. The highest BCUT2D eigenvalue weighted by Crippen LogP contribution is 2.33. The summed E-state index contributed by atoms with van der Waals surface area (Å²) in [4.78, 5) is 9.93. The molecule has 0 aliphatic carbocycles. The number of nitrogens with zero attached hydrogens (tertiary/aromatic N) is 3. The van der Waals surface area contributed by atoms with Crippen molar-refractivity contribution in [3.63, 3.8) is 0 Å². The summed E-state index contributed by atoms with van der Waals surface area (Å²) in [6.07, 6.45) is 0. The third-order valence-electron chi connectivity index (χ3n) is 5.87. The maximum absolute atomic E-state index is 5.06. The van der Waals surface area contributed by atoms with Crippen LogP contribution >= 0.6 is 0 Å². The third kappa shape index (κ3) is 3.07. The standard InChI is InChI=1S/C29H21N3/c1-20-17-18-22-11-8-14-25(28(22)30-20)29-31-26-15-5-6-16-27(26)32(29)24-13-7-12-23(19-24)21-9-3-2-4-10-21/h2-19H,1H3. The number of para-hydroxylation sites is 3. The van der Waals surface area contributed by atoms with Crippen LogP contribution in [0.4, 0.5) is 0 Å². The van der Waals surface area contributed by atoms with Crippen molar-refractivity contribution >= 4 is 21.9 Å². The van der Waals surface area contributed by atoms with Gasteiger partial charge in [0.1, 0.15) is 5.82 Å². The van der Waals surface area contributed by atoms with Crippen LogP contribution in [-0.4, -0.2) is 14.5 Å². The lowest BCUT2D eigenvalue weighted by Gasteiger charge is -2.13. The number of aromatic nitrogens is 3. The molecule has 6 rings (SSSR count). The van der Waals surface area contributed by atoms with Gasteiger partial charge < -0.3 is 0 Å². The van der Waals surface area contributed by atoms with Gasteiger partial charge in [0.05, 0.1) is 16.6 Å². The molecule has 2 heterocycles. The van der Waals surface area contributed by atoms with Crippen molar-refractivity contribution in [1.82, 2.24) is 14.5 Å². The van der Waals surface area contributed by atoms with Crippen LogP contribution in [0.25, 0.3) is 50.1 Å². The average Bonchev–Trinajstić information content (AvgIpc) is 3.24. The first-order valence-corrected chi connectivity index (χ1v) is 10.8. The van der Waals surface area contributed by atoms with Gasteiger partial charge in [0.2, 0.25) is 0 Å². The molecule has 0 radical (unpaired) electrons. The van der Waals surface area contributed by atoms with Gasteiger partial charge in [0.15, 0.2) is 0 Å². The summed E-state index contributed by atoms with van der Waals surface area (Å²) in [5.41, 5.74) is 8.52. The van der Waals surface area contributed by atoms with E-state index in [1.54, 1.807) is 0 Å². The number of hydrogen-bond donors (Lipinski definition) is 0. The third-order valence-corrected chi connectivity index (χ3v) is 5.87. The largest absolute Gasteiger partial charge is 0.292 e. The number of benzene rings is 4. The molecular weight excluding hydrogens is 390 g/mol. The molecule has 32 heavy (non-hydrogen) atoms. The highest BCUT2D eigenvalue weighted by molar-refractivity contribution is 5.95. The number of imidazole rings is 1. The van der Waals surface area contributed by atoms with Crippen molar-refractivity contribution in [1.29, 1.82) is 0 Å². The molecule has 0 saturated heterocycles. The molecule has 0 spiro atoms. The summed E-state index contributed by atoms with van der Waals surface area (Å²) in [6.45, 7) is 2.03. The lowest BCUT2D eigenvalue weighted by molar-refractivity contribution is 1.10. The van der Waals surface area contributed by atoms with Crippen molar-refractivity contribution < 1.29 is 0 Å². The van der Waals surface area contributed by atoms with Crippen LogP contribution in [0.2, 0.25) is 0 Å². The molecule has 0 aliphatic rings. The van der Waals surface area contributed by atoms with Crippen LogP contribution < -0.4 is 0 Å². The van der Waals surface area contributed by atoms with Crippen LogP contribution in [0.3, 0.4) is 0 Å². The van der Waals surface area contributed by atoms with Crippen molar-refractivity contribution in [3.8, 4) is 28.2 Å². The zero-order valence-electron chi connectivity index (χ0n) is 17.7. The maximum Gasteiger partial charge on any atom is 0.147 e. The molecule has 6 aromatic rings. The van der Waals surface area contributed by atoms with Gasteiger partial charge in [-0.05, 0) is 54.4 Å². The second-order valence-corrected chi connectivity index (χ2v) is 8.01. The predicted octanol–water partition coefficient (Wildman–Crippen LogP) is 7.22. The van der Waals surface area contributed by atoms with Crippen LogP contribution in [0, 0.1) is 6.92 Å². The summed E-state index contributed by atoms with van der Waals surface area (Å²) < 4.78 is 2.25. The van der Waals surface area contributed by atoms with Gasteiger partial charge in [-0.2, -0.15) is 0 Å². The Morgan fingerprint density at radius 1 is 0.625 bits per heavy atom. The molecule has 0 fully saturated rings. The van der Waals surface area contributed by atoms with Crippen LogP contribution in [0.15, 0.2) is 109 Å². The number of pyridine rings is 1. The number of aryl methyl sites for hydroxylation is 1. The Hall–Kier alpha value is -4.24. The molecule has 0 bridgehead atoms. The molecule has 3 nitrogen and oxygen atoms in total. The molecule has 3 heteroatoms. The first-order valence-electron chi connectivity index (χ1n) is 10.8. The minimum absolute atomic E-state index is 0.903. The number of fused-ring (bicyclic) bond motifs is 2. The zero-order chi connectivity index (χ0) is 21.5. The van der Waals surface area contributed by atoms with Gasteiger partial charge in [-0.25, -0.2) is 4.98 Å². The smallest absolute Gasteiger partial charge is 0.147 e. The molecular formula is C29H21N3. The van der Waals surface area contributed by atoms with E-state index in [1.165, 1.54) is 11.1 Å². The van der Waals surface area contributed by atoms with E-state index < -0.39 is 0 Å². The van der Waals surface area contributed by atoms with Crippen molar-refractivity contribution in [2.45, 2.75) is 6.92 Å². The molecule has 0 N–H and O–H groups in total. The molecule has 4 aromatic carbocycles. The van der Waals surface area contributed by atoms with E-state index in [2.05, 4.69) is 102 Å². The Morgan fingerprint density at radius 2 is 1.41 bits per heavy atom. The van der Waals surface area contributed by atoms with Crippen molar-refractivity contribution in [2.24, 2.45) is 0 Å². The minimum atomic E-state index is 0.903. The van der Waals surface area contributed by atoms with E-state index in [0.29, 0.717) is 0 Å². The normalized spacial score (nSPS) is 11.3. The molecule has 2 aromatic heterocycles. The molecule has 152 valence electrons. The Kier molecular flexibility index (Phi) is 4.32. The van der Waals surface area contributed by atoms with Crippen LogP contribution in [-0.2, 0) is 0 Å². The summed E-state index contributed by atoms with van der Waals surface area (Å²) in [7, 11) is 0. The molecule has 0 unspecified atom stereocenters. The predicted molar refractivity (Wildman–Crippen MR) is 132 cm³/mol. The Balaban J connectivity index is 1.65.